The topological polar surface area (TPSA) is 28.2 Å². The lowest BCUT2D eigenvalue weighted by molar-refractivity contribution is 0.328. The van der Waals surface area contributed by atoms with E-state index in [1.807, 2.05) is 0 Å². The predicted molar refractivity (Wildman–Crippen MR) is 88.3 cm³/mol. The maximum atomic E-state index is 4.69. The van der Waals surface area contributed by atoms with Crippen LogP contribution in [-0.4, -0.2) is 24.1 Å². The zero-order valence-corrected chi connectivity index (χ0v) is 14.4. The van der Waals surface area contributed by atoms with Crippen LogP contribution in [0.3, 0.4) is 0 Å². The smallest absolute Gasteiger partial charge is 0.129 e. The van der Waals surface area contributed by atoms with Gasteiger partial charge < -0.3 is 10.2 Å². The van der Waals surface area contributed by atoms with Gasteiger partial charge >= 0.3 is 0 Å². The second kappa shape index (κ2) is 6.57. The van der Waals surface area contributed by atoms with Crippen LogP contribution in [-0.2, 0) is 6.54 Å². The van der Waals surface area contributed by atoms with E-state index in [4.69, 9.17) is 4.98 Å². The van der Waals surface area contributed by atoms with E-state index >= 15 is 0 Å². The van der Waals surface area contributed by atoms with Crippen molar-refractivity contribution in [3.05, 3.63) is 23.4 Å². The van der Waals surface area contributed by atoms with Gasteiger partial charge in [-0.3, -0.25) is 0 Å². The number of pyridine rings is 1. The number of hydrogen-bond donors (Lipinski definition) is 1. The molecule has 3 heteroatoms. The van der Waals surface area contributed by atoms with Gasteiger partial charge in [-0.2, -0.15) is 0 Å². The average molecular weight is 277 g/mol. The molecule has 0 amide bonds. The van der Waals surface area contributed by atoms with Gasteiger partial charge in [0, 0.05) is 31.4 Å². The van der Waals surface area contributed by atoms with Gasteiger partial charge in [0.15, 0.2) is 0 Å². The van der Waals surface area contributed by atoms with Crippen LogP contribution in [0.4, 0.5) is 5.82 Å². The molecular weight excluding hydrogens is 246 g/mol. The number of aryl methyl sites for hydroxylation is 1. The van der Waals surface area contributed by atoms with Crippen LogP contribution >= 0.6 is 0 Å². The highest BCUT2D eigenvalue weighted by Crippen LogP contribution is 2.27. The lowest BCUT2D eigenvalue weighted by Gasteiger charge is -2.36. The highest BCUT2D eigenvalue weighted by atomic mass is 15.2. The van der Waals surface area contributed by atoms with E-state index < -0.39 is 0 Å². The van der Waals surface area contributed by atoms with Gasteiger partial charge in [0.2, 0.25) is 0 Å². The summed E-state index contributed by atoms with van der Waals surface area (Å²) in [6.07, 6.45) is 0. The standard InChI is InChI=1S/C17H31N3/c1-12(2)18-11-15-9-13(3)19-16(10-15)20(8)14(4)17(5,6)7/h9-10,12,14,18H,11H2,1-8H3. The molecule has 0 saturated carbocycles. The summed E-state index contributed by atoms with van der Waals surface area (Å²) < 4.78 is 0. The van der Waals surface area contributed by atoms with Gasteiger partial charge in [-0.1, -0.05) is 34.6 Å². The van der Waals surface area contributed by atoms with Crippen LogP contribution in [0.25, 0.3) is 0 Å². The highest BCUT2D eigenvalue weighted by molar-refractivity contribution is 5.43. The van der Waals surface area contributed by atoms with Crippen molar-refractivity contribution < 1.29 is 0 Å². The number of anilines is 1. The van der Waals surface area contributed by atoms with E-state index in [0.29, 0.717) is 12.1 Å². The second-order valence-corrected chi connectivity index (χ2v) is 7.16. The summed E-state index contributed by atoms with van der Waals surface area (Å²) in [6, 6.07) is 5.29. The summed E-state index contributed by atoms with van der Waals surface area (Å²) in [7, 11) is 2.14. The van der Waals surface area contributed by atoms with E-state index in [2.05, 4.69) is 77.9 Å². The molecule has 0 bridgehead atoms. The second-order valence-electron chi connectivity index (χ2n) is 7.16. The Bertz CT molecular complexity index is 432. The van der Waals surface area contributed by atoms with E-state index in [-0.39, 0.29) is 5.41 Å². The van der Waals surface area contributed by atoms with Gasteiger partial charge in [-0.15, -0.1) is 0 Å². The average Bonchev–Trinajstić information content (AvgIpc) is 2.32. The lowest BCUT2D eigenvalue weighted by atomic mass is 9.87. The molecule has 20 heavy (non-hydrogen) atoms. The Hall–Kier alpha value is -1.09. The Balaban J connectivity index is 2.95. The van der Waals surface area contributed by atoms with Crippen molar-refractivity contribution in [1.29, 1.82) is 0 Å². The molecule has 3 nitrogen and oxygen atoms in total. The zero-order valence-electron chi connectivity index (χ0n) is 14.4. The molecule has 0 fully saturated rings. The molecule has 0 aliphatic carbocycles. The first-order valence-corrected chi connectivity index (χ1v) is 7.55. The highest BCUT2D eigenvalue weighted by Gasteiger charge is 2.25. The summed E-state index contributed by atoms with van der Waals surface area (Å²) in [4.78, 5) is 6.98. The minimum atomic E-state index is 0.233. The van der Waals surface area contributed by atoms with Crippen LogP contribution < -0.4 is 10.2 Å². The van der Waals surface area contributed by atoms with E-state index in [0.717, 1.165) is 18.1 Å². The van der Waals surface area contributed by atoms with Crippen LogP contribution in [0.2, 0.25) is 0 Å². The molecule has 1 aromatic heterocycles. The maximum Gasteiger partial charge on any atom is 0.129 e. The predicted octanol–water partition coefficient (Wildman–Crippen LogP) is 3.76. The number of nitrogens with one attached hydrogen (secondary N) is 1. The van der Waals surface area contributed by atoms with Crippen molar-refractivity contribution in [3.8, 4) is 0 Å². The fraction of sp³-hybridized carbons (Fsp3) is 0.706. The van der Waals surface area contributed by atoms with Crippen LogP contribution in [0, 0.1) is 12.3 Å². The number of nitrogens with zero attached hydrogens (tertiary/aromatic N) is 2. The molecule has 1 heterocycles. The maximum absolute atomic E-state index is 4.69. The van der Waals surface area contributed by atoms with Gasteiger partial charge in [-0.25, -0.2) is 4.98 Å². The van der Waals surface area contributed by atoms with Crippen molar-refractivity contribution in [2.75, 3.05) is 11.9 Å². The van der Waals surface area contributed by atoms with Gasteiger partial charge in [0.05, 0.1) is 0 Å². The van der Waals surface area contributed by atoms with E-state index in [1.54, 1.807) is 0 Å². The third kappa shape index (κ3) is 4.78. The monoisotopic (exact) mass is 277 g/mol. The Labute approximate surface area is 124 Å². The van der Waals surface area contributed by atoms with E-state index in [9.17, 15) is 0 Å². The normalized spacial score (nSPS) is 13.7. The molecule has 0 spiro atoms. The molecule has 0 radical (unpaired) electrons. The Morgan fingerprint density at radius 1 is 1.20 bits per heavy atom. The Kier molecular flexibility index (Phi) is 5.58. The SMILES string of the molecule is Cc1cc(CNC(C)C)cc(N(C)C(C)C(C)(C)C)n1. The van der Waals surface area contributed by atoms with Gasteiger partial charge in [-0.05, 0) is 37.0 Å². The van der Waals surface area contributed by atoms with Crippen molar-refractivity contribution in [2.45, 2.75) is 67.1 Å². The zero-order chi connectivity index (χ0) is 15.5. The third-order valence-electron chi connectivity index (χ3n) is 3.91. The molecule has 1 N–H and O–H groups in total. The van der Waals surface area contributed by atoms with Crippen molar-refractivity contribution >= 4 is 5.82 Å². The van der Waals surface area contributed by atoms with Crippen LogP contribution in [0.1, 0.15) is 52.8 Å². The van der Waals surface area contributed by atoms with Gasteiger partial charge in [0.25, 0.3) is 0 Å². The van der Waals surface area contributed by atoms with Crippen molar-refractivity contribution in [2.24, 2.45) is 5.41 Å². The fourth-order valence-corrected chi connectivity index (χ4v) is 2.11. The molecular formula is C17H31N3. The van der Waals surface area contributed by atoms with Crippen molar-refractivity contribution in [1.82, 2.24) is 10.3 Å². The molecule has 0 saturated heterocycles. The molecule has 1 atom stereocenters. The number of hydrogen-bond acceptors (Lipinski definition) is 3. The number of aromatic nitrogens is 1. The summed E-state index contributed by atoms with van der Waals surface area (Å²) in [5.74, 6) is 1.06. The molecule has 1 aromatic rings. The van der Waals surface area contributed by atoms with Crippen LogP contribution in [0.15, 0.2) is 12.1 Å². The van der Waals surface area contributed by atoms with E-state index in [1.165, 1.54) is 5.56 Å². The fourth-order valence-electron chi connectivity index (χ4n) is 2.11. The molecule has 0 aliphatic heterocycles. The largest absolute Gasteiger partial charge is 0.356 e. The summed E-state index contributed by atoms with van der Waals surface area (Å²) in [5, 5.41) is 3.47. The van der Waals surface area contributed by atoms with Crippen LogP contribution in [0.5, 0.6) is 0 Å². The minimum Gasteiger partial charge on any atom is -0.356 e. The molecule has 0 aliphatic rings. The Morgan fingerprint density at radius 3 is 2.30 bits per heavy atom. The minimum absolute atomic E-state index is 0.233. The first kappa shape index (κ1) is 17.0. The Morgan fingerprint density at radius 2 is 1.80 bits per heavy atom. The quantitative estimate of drug-likeness (QED) is 0.888. The van der Waals surface area contributed by atoms with Crippen molar-refractivity contribution in [3.63, 3.8) is 0 Å². The van der Waals surface area contributed by atoms with Gasteiger partial charge in [0.1, 0.15) is 5.82 Å². The summed E-state index contributed by atoms with van der Waals surface area (Å²) >= 11 is 0. The number of rotatable bonds is 5. The lowest BCUT2D eigenvalue weighted by Crippen LogP contribution is -2.40. The molecule has 0 aromatic carbocycles. The first-order chi connectivity index (χ1) is 9.11. The first-order valence-electron chi connectivity index (χ1n) is 7.55. The molecule has 1 rings (SSSR count). The third-order valence-corrected chi connectivity index (χ3v) is 3.91. The summed E-state index contributed by atoms with van der Waals surface area (Å²) in [6.45, 7) is 16.4. The summed E-state index contributed by atoms with van der Waals surface area (Å²) in [5.41, 5.74) is 2.61. The molecule has 114 valence electrons. The molecule has 1 unspecified atom stereocenters.